The minimum atomic E-state index is -0.204. The molecule has 0 amide bonds. The van der Waals surface area contributed by atoms with Crippen molar-refractivity contribution < 1.29 is 14.0 Å². The molecule has 0 aliphatic heterocycles. The molecule has 92 valence electrons. The van der Waals surface area contributed by atoms with Crippen LogP contribution in [0, 0.1) is 10.5 Å². The van der Waals surface area contributed by atoms with Crippen LogP contribution in [0.25, 0.3) is 0 Å². The van der Waals surface area contributed by atoms with Gasteiger partial charge in [-0.2, -0.15) is 0 Å². The number of hydrogen-bond donors (Lipinski definition) is 0. The lowest BCUT2D eigenvalue weighted by Crippen LogP contribution is -2.08. The highest BCUT2D eigenvalue weighted by molar-refractivity contribution is 14.1. The molecule has 3 nitrogen and oxygen atoms in total. The molecular formula is C14H11IO3. The summed E-state index contributed by atoms with van der Waals surface area (Å²) < 4.78 is 6.11. The van der Waals surface area contributed by atoms with Gasteiger partial charge in [-0.3, -0.25) is 9.59 Å². The van der Waals surface area contributed by atoms with Crippen LogP contribution in [0.3, 0.4) is 0 Å². The number of Topliss-reactive ketones (excluding diaryl/α,β-unsaturated/α-hetero) is 2. The van der Waals surface area contributed by atoms with E-state index in [1.54, 1.807) is 25.1 Å². The van der Waals surface area contributed by atoms with Crippen molar-refractivity contribution in [3.63, 3.8) is 0 Å². The number of carbonyl (C=O) groups is 2. The minimum absolute atomic E-state index is 0.124. The van der Waals surface area contributed by atoms with E-state index in [1.165, 1.54) is 6.26 Å². The molecule has 0 fully saturated rings. The molecule has 2 rings (SSSR count). The van der Waals surface area contributed by atoms with Gasteiger partial charge in [0.25, 0.3) is 0 Å². The van der Waals surface area contributed by atoms with Crippen molar-refractivity contribution in [1.82, 2.24) is 0 Å². The number of rotatable bonds is 4. The van der Waals surface area contributed by atoms with Crippen molar-refractivity contribution in [1.29, 1.82) is 0 Å². The summed E-state index contributed by atoms with van der Waals surface area (Å²) in [7, 11) is 0. The molecule has 1 heterocycles. The standard InChI is InChI=1S/C14H11IO3/c1-9-12(6-7-18-9)14(17)8-13(16)10-2-4-11(15)5-3-10/h2-7H,8H2,1H3. The quantitative estimate of drug-likeness (QED) is 0.478. The summed E-state index contributed by atoms with van der Waals surface area (Å²) in [5.41, 5.74) is 1.04. The number of benzene rings is 1. The van der Waals surface area contributed by atoms with Crippen LogP contribution in [0.2, 0.25) is 0 Å². The molecule has 0 aliphatic rings. The van der Waals surface area contributed by atoms with Crippen molar-refractivity contribution in [2.24, 2.45) is 0 Å². The van der Waals surface area contributed by atoms with Gasteiger partial charge in [0.15, 0.2) is 11.6 Å². The fourth-order valence-electron chi connectivity index (χ4n) is 1.65. The Morgan fingerprint density at radius 3 is 2.33 bits per heavy atom. The molecule has 0 N–H and O–H groups in total. The van der Waals surface area contributed by atoms with Gasteiger partial charge in [0, 0.05) is 9.13 Å². The molecule has 0 atom stereocenters. The van der Waals surface area contributed by atoms with Crippen molar-refractivity contribution in [3.05, 3.63) is 57.1 Å². The van der Waals surface area contributed by atoms with Gasteiger partial charge in [-0.25, -0.2) is 0 Å². The highest BCUT2D eigenvalue weighted by atomic mass is 127. The van der Waals surface area contributed by atoms with Crippen LogP contribution in [0.4, 0.5) is 0 Å². The summed E-state index contributed by atoms with van der Waals surface area (Å²) in [4.78, 5) is 23.8. The number of halogens is 1. The highest BCUT2D eigenvalue weighted by Crippen LogP contribution is 2.14. The molecule has 0 saturated heterocycles. The summed E-state index contributed by atoms with van der Waals surface area (Å²) >= 11 is 2.17. The molecule has 0 spiro atoms. The summed E-state index contributed by atoms with van der Waals surface area (Å²) in [6.07, 6.45) is 1.33. The van der Waals surface area contributed by atoms with E-state index in [-0.39, 0.29) is 18.0 Å². The molecule has 0 radical (unpaired) electrons. The fourth-order valence-corrected chi connectivity index (χ4v) is 2.01. The smallest absolute Gasteiger partial charge is 0.174 e. The van der Waals surface area contributed by atoms with Crippen molar-refractivity contribution in [3.8, 4) is 0 Å². The summed E-state index contributed by atoms with van der Waals surface area (Å²) in [6.45, 7) is 1.71. The molecular weight excluding hydrogens is 343 g/mol. The SMILES string of the molecule is Cc1occc1C(=O)CC(=O)c1ccc(I)cc1. The Bertz CT molecular complexity index is 581. The predicted molar refractivity (Wildman–Crippen MR) is 75.9 cm³/mol. The van der Waals surface area contributed by atoms with E-state index in [0.29, 0.717) is 16.9 Å². The number of ketones is 2. The van der Waals surface area contributed by atoms with Gasteiger partial charge in [-0.15, -0.1) is 0 Å². The lowest BCUT2D eigenvalue weighted by molar-refractivity contribution is 0.0893. The van der Waals surface area contributed by atoms with Gasteiger partial charge < -0.3 is 4.42 Å². The van der Waals surface area contributed by atoms with E-state index in [4.69, 9.17) is 4.42 Å². The first-order chi connectivity index (χ1) is 8.58. The maximum Gasteiger partial charge on any atom is 0.174 e. The largest absolute Gasteiger partial charge is 0.469 e. The van der Waals surface area contributed by atoms with Crippen LogP contribution in [0.1, 0.15) is 32.9 Å². The molecule has 18 heavy (non-hydrogen) atoms. The molecule has 0 bridgehead atoms. The monoisotopic (exact) mass is 354 g/mol. The second-order valence-corrected chi connectivity index (χ2v) is 5.17. The van der Waals surface area contributed by atoms with E-state index in [1.807, 2.05) is 12.1 Å². The summed E-state index contributed by atoms with van der Waals surface area (Å²) in [6, 6.07) is 8.76. The van der Waals surface area contributed by atoms with E-state index in [0.717, 1.165) is 3.57 Å². The van der Waals surface area contributed by atoms with Gasteiger partial charge in [0.2, 0.25) is 0 Å². The molecule has 0 saturated carbocycles. The first-order valence-electron chi connectivity index (χ1n) is 5.44. The van der Waals surface area contributed by atoms with Gasteiger partial charge in [-0.05, 0) is 47.7 Å². The van der Waals surface area contributed by atoms with Crippen molar-refractivity contribution >= 4 is 34.2 Å². The summed E-state index contributed by atoms with van der Waals surface area (Å²) in [5, 5.41) is 0. The summed E-state index contributed by atoms with van der Waals surface area (Å²) in [5.74, 6) is 0.178. The van der Waals surface area contributed by atoms with Crippen LogP contribution in [-0.4, -0.2) is 11.6 Å². The normalized spacial score (nSPS) is 10.3. The maximum atomic E-state index is 11.9. The topological polar surface area (TPSA) is 47.3 Å². The molecule has 0 aliphatic carbocycles. The number of furan rings is 1. The van der Waals surface area contributed by atoms with E-state index < -0.39 is 0 Å². The number of aryl methyl sites for hydroxylation is 1. The third-order valence-corrected chi connectivity index (χ3v) is 3.37. The Kier molecular flexibility index (Phi) is 3.96. The average Bonchev–Trinajstić information content (AvgIpc) is 2.76. The lowest BCUT2D eigenvalue weighted by Gasteiger charge is -2.00. The van der Waals surface area contributed by atoms with Gasteiger partial charge in [0.1, 0.15) is 5.76 Å². The average molecular weight is 354 g/mol. The Labute approximate surface area is 118 Å². The number of hydrogen-bond acceptors (Lipinski definition) is 3. The van der Waals surface area contributed by atoms with Crippen molar-refractivity contribution in [2.75, 3.05) is 0 Å². The lowest BCUT2D eigenvalue weighted by atomic mass is 10.0. The third-order valence-electron chi connectivity index (χ3n) is 2.65. The molecule has 0 unspecified atom stereocenters. The van der Waals surface area contributed by atoms with Crippen LogP contribution in [-0.2, 0) is 0 Å². The van der Waals surface area contributed by atoms with Gasteiger partial charge in [-0.1, -0.05) is 12.1 Å². The van der Waals surface area contributed by atoms with Crippen LogP contribution >= 0.6 is 22.6 Å². The first-order valence-corrected chi connectivity index (χ1v) is 6.52. The molecule has 2 aromatic rings. The van der Waals surface area contributed by atoms with Crippen LogP contribution in [0.15, 0.2) is 41.0 Å². The van der Waals surface area contributed by atoms with Gasteiger partial charge >= 0.3 is 0 Å². The fraction of sp³-hybridized carbons (Fsp3) is 0.143. The van der Waals surface area contributed by atoms with E-state index in [2.05, 4.69) is 22.6 Å². The second kappa shape index (κ2) is 5.48. The zero-order valence-electron chi connectivity index (χ0n) is 9.77. The van der Waals surface area contributed by atoms with Crippen LogP contribution in [0.5, 0.6) is 0 Å². The third kappa shape index (κ3) is 2.87. The Morgan fingerprint density at radius 2 is 1.78 bits per heavy atom. The second-order valence-electron chi connectivity index (χ2n) is 3.92. The molecule has 4 heteroatoms. The predicted octanol–water partition coefficient (Wildman–Crippen LogP) is 3.65. The zero-order valence-corrected chi connectivity index (χ0v) is 11.9. The molecule has 1 aromatic heterocycles. The maximum absolute atomic E-state index is 11.9. The first kappa shape index (κ1) is 13.0. The Hall–Kier alpha value is -1.43. The molecule has 1 aromatic carbocycles. The van der Waals surface area contributed by atoms with Crippen LogP contribution < -0.4 is 0 Å². The van der Waals surface area contributed by atoms with E-state index in [9.17, 15) is 9.59 Å². The van der Waals surface area contributed by atoms with E-state index >= 15 is 0 Å². The Morgan fingerprint density at radius 1 is 1.11 bits per heavy atom. The highest BCUT2D eigenvalue weighted by Gasteiger charge is 2.16. The zero-order chi connectivity index (χ0) is 13.1. The Balaban J connectivity index is 2.10. The minimum Gasteiger partial charge on any atom is -0.469 e. The van der Waals surface area contributed by atoms with Crippen molar-refractivity contribution in [2.45, 2.75) is 13.3 Å². The van der Waals surface area contributed by atoms with Gasteiger partial charge in [0.05, 0.1) is 18.2 Å². The number of carbonyl (C=O) groups excluding carboxylic acids is 2.